The normalized spacial score (nSPS) is 12.5. The van der Waals surface area contributed by atoms with Gasteiger partial charge in [0, 0.05) is 21.6 Å². The molecule has 0 amide bonds. The highest BCUT2D eigenvalue weighted by Crippen LogP contribution is 2.20. The number of hydrogen-bond donors (Lipinski definition) is 0. The molecule has 2 aromatic carbocycles. The highest BCUT2D eigenvalue weighted by Gasteiger charge is 1.98. The third-order valence-electron chi connectivity index (χ3n) is 2.73. The summed E-state index contributed by atoms with van der Waals surface area (Å²) in [6, 6.07) is 20.1. The van der Waals surface area contributed by atoms with Gasteiger partial charge < -0.3 is 0 Å². The van der Waals surface area contributed by atoms with E-state index >= 15 is 0 Å². The van der Waals surface area contributed by atoms with Crippen molar-refractivity contribution in [2.24, 2.45) is 0 Å². The van der Waals surface area contributed by atoms with Crippen molar-refractivity contribution in [1.82, 2.24) is 0 Å². The molecule has 2 rings (SSSR count). The molecule has 3 heteroatoms. The highest BCUT2D eigenvalue weighted by atomic mass is 35.5. The first kappa shape index (κ1) is 16.2. The summed E-state index contributed by atoms with van der Waals surface area (Å²) in [6.07, 6.45) is 3.98. The Balaban J connectivity index is 1.81. The summed E-state index contributed by atoms with van der Waals surface area (Å²) in [5, 5.41) is 1.66. The molecule has 0 N–H and O–H groups in total. The number of thioether (sulfide) groups is 1. The number of halogens is 2. The van der Waals surface area contributed by atoms with Crippen LogP contribution in [0.3, 0.4) is 0 Å². The second-order valence-corrected chi connectivity index (χ2v) is 6.45. The predicted octanol–water partition coefficient (Wildman–Crippen LogP) is 6.28. The maximum atomic E-state index is 6.24. The molecule has 0 spiro atoms. The summed E-state index contributed by atoms with van der Waals surface area (Å²) in [6.45, 7) is 0. The van der Waals surface area contributed by atoms with Crippen LogP contribution in [0.25, 0.3) is 12.2 Å². The van der Waals surface area contributed by atoms with Crippen LogP contribution >= 0.6 is 35.0 Å². The Morgan fingerprint density at radius 1 is 0.714 bits per heavy atom. The van der Waals surface area contributed by atoms with Crippen LogP contribution in [0.1, 0.15) is 11.1 Å². The lowest BCUT2D eigenvalue weighted by Gasteiger charge is -2.01. The molecule has 0 fully saturated rings. The predicted molar refractivity (Wildman–Crippen MR) is 97.9 cm³/mol. The van der Waals surface area contributed by atoms with Gasteiger partial charge in [0.25, 0.3) is 0 Å². The van der Waals surface area contributed by atoms with E-state index in [4.69, 9.17) is 23.2 Å². The van der Waals surface area contributed by atoms with Crippen LogP contribution < -0.4 is 0 Å². The van der Waals surface area contributed by atoms with Crippen molar-refractivity contribution in [3.8, 4) is 0 Å². The van der Waals surface area contributed by atoms with Gasteiger partial charge in [0.15, 0.2) is 0 Å². The molecular weight excluding hydrogens is 319 g/mol. The van der Waals surface area contributed by atoms with Crippen LogP contribution in [-0.2, 0) is 0 Å². The van der Waals surface area contributed by atoms with Crippen molar-refractivity contribution in [1.29, 1.82) is 0 Å². The van der Waals surface area contributed by atoms with E-state index in [-0.39, 0.29) is 0 Å². The Kier molecular flexibility index (Phi) is 6.94. The Morgan fingerprint density at radius 3 is 1.48 bits per heavy atom. The fourth-order valence-corrected chi connectivity index (χ4v) is 3.16. The molecule has 2 aromatic rings. The molecule has 21 heavy (non-hydrogen) atoms. The van der Waals surface area contributed by atoms with Gasteiger partial charge >= 0.3 is 0 Å². The Bertz CT molecular complexity index is 548. The Morgan fingerprint density at radius 2 is 1.10 bits per heavy atom. The first-order valence-electron chi connectivity index (χ1n) is 6.64. The fraction of sp³-hybridized carbons (Fsp3) is 0.111. The van der Waals surface area contributed by atoms with Crippen molar-refractivity contribution in [2.75, 3.05) is 11.5 Å². The lowest BCUT2D eigenvalue weighted by molar-refractivity contribution is 1.61. The van der Waals surface area contributed by atoms with Crippen molar-refractivity contribution in [3.05, 3.63) is 81.9 Å². The summed E-state index contributed by atoms with van der Waals surface area (Å²) >= 11 is 14.2. The van der Waals surface area contributed by atoms with Gasteiger partial charge in [-0.05, 0) is 23.3 Å². The van der Waals surface area contributed by atoms with Crippen LogP contribution in [0.2, 0.25) is 0 Å². The van der Waals surface area contributed by atoms with Gasteiger partial charge in [-0.25, -0.2) is 0 Å². The topological polar surface area (TPSA) is 0 Å². The van der Waals surface area contributed by atoms with Gasteiger partial charge in [-0.2, -0.15) is 11.8 Å². The minimum atomic E-state index is 0.759. The lowest BCUT2D eigenvalue weighted by atomic mass is 10.2. The van der Waals surface area contributed by atoms with Crippen LogP contribution in [0.15, 0.2) is 70.7 Å². The Labute approximate surface area is 140 Å². The average Bonchev–Trinajstić information content (AvgIpc) is 2.49. The molecule has 0 saturated carbocycles. The maximum absolute atomic E-state index is 6.24. The molecule has 0 aliphatic carbocycles. The van der Waals surface area contributed by atoms with E-state index in [1.807, 2.05) is 72.8 Å². The highest BCUT2D eigenvalue weighted by molar-refractivity contribution is 7.99. The average molecular weight is 335 g/mol. The van der Waals surface area contributed by atoms with E-state index in [0.717, 1.165) is 32.7 Å². The molecule has 0 unspecified atom stereocenters. The summed E-state index contributed by atoms with van der Waals surface area (Å²) in [4.78, 5) is 0. The molecule has 0 heterocycles. The third kappa shape index (κ3) is 6.43. The van der Waals surface area contributed by atoms with Gasteiger partial charge in [-0.15, -0.1) is 0 Å². The van der Waals surface area contributed by atoms with Gasteiger partial charge in [0.1, 0.15) is 0 Å². The van der Waals surface area contributed by atoms with Crippen molar-refractivity contribution >= 4 is 47.1 Å². The molecule has 0 radical (unpaired) electrons. The molecule has 108 valence electrons. The van der Waals surface area contributed by atoms with Gasteiger partial charge in [0.05, 0.1) is 0 Å². The van der Waals surface area contributed by atoms with Crippen molar-refractivity contribution in [2.45, 2.75) is 0 Å². The van der Waals surface area contributed by atoms with E-state index in [9.17, 15) is 0 Å². The quantitative estimate of drug-likeness (QED) is 0.599. The summed E-state index contributed by atoms with van der Waals surface area (Å²) < 4.78 is 0. The molecular formula is C18H16Cl2S. The zero-order valence-corrected chi connectivity index (χ0v) is 13.8. The van der Waals surface area contributed by atoms with Crippen LogP contribution in [0.4, 0.5) is 0 Å². The molecule has 0 nitrogen and oxygen atoms in total. The minimum Gasteiger partial charge on any atom is -0.151 e. The van der Waals surface area contributed by atoms with E-state index in [1.165, 1.54) is 0 Å². The van der Waals surface area contributed by atoms with Crippen LogP contribution in [0, 0.1) is 0 Å². The first-order chi connectivity index (χ1) is 10.2. The molecule has 0 atom stereocenters. The number of benzene rings is 2. The first-order valence-corrected chi connectivity index (χ1v) is 8.55. The zero-order chi connectivity index (χ0) is 14.9. The molecule has 0 aliphatic heterocycles. The zero-order valence-electron chi connectivity index (χ0n) is 11.5. The third-order valence-corrected chi connectivity index (χ3v) is 4.56. The molecule has 0 saturated heterocycles. The molecule has 0 aliphatic rings. The smallest absolute Gasteiger partial charge is 0.0296 e. The van der Waals surface area contributed by atoms with Crippen LogP contribution in [-0.4, -0.2) is 11.5 Å². The van der Waals surface area contributed by atoms with Crippen molar-refractivity contribution < 1.29 is 0 Å². The number of rotatable bonds is 6. The van der Waals surface area contributed by atoms with E-state index in [2.05, 4.69) is 0 Å². The van der Waals surface area contributed by atoms with E-state index < -0.39 is 0 Å². The lowest BCUT2D eigenvalue weighted by Crippen LogP contribution is -1.84. The largest absolute Gasteiger partial charge is 0.151 e. The molecule has 0 bridgehead atoms. The van der Waals surface area contributed by atoms with Crippen LogP contribution in [0.5, 0.6) is 0 Å². The standard InChI is InChI=1S/C18H16Cl2S/c19-17(11-15-7-3-1-4-8-15)13-21-14-18(20)12-16-9-5-2-6-10-16/h1-12H,13-14H2. The van der Waals surface area contributed by atoms with E-state index in [0.29, 0.717) is 0 Å². The summed E-state index contributed by atoms with van der Waals surface area (Å²) in [5.41, 5.74) is 2.24. The fourth-order valence-electron chi connectivity index (χ4n) is 1.79. The van der Waals surface area contributed by atoms with E-state index in [1.54, 1.807) is 11.8 Å². The van der Waals surface area contributed by atoms with Gasteiger partial charge in [0.2, 0.25) is 0 Å². The van der Waals surface area contributed by atoms with Gasteiger partial charge in [-0.1, -0.05) is 83.9 Å². The summed E-state index contributed by atoms with van der Waals surface area (Å²) in [5.74, 6) is 1.52. The second-order valence-electron chi connectivity index (χ2n) is 4.50. The second kappa shape index (κ2) is 8.99. The monoisotopic (exact) mass is 334 g/mol. The van der Waals surface area contributed by atoms with Crippen molar-refractivity contribution in [3.63, 3.8) is 0 Å². The number of hydrogen-bond acceptors (Lipinski definition) is 1. The Hall–Kier alpha value is -1.15. The maximum Gasteiger partial charge on any atom is 0.0296 e. The van der Waals surface area contributed by atoms with Gasteiger partial charge in [-0.3, -0.25) is 0 Å². The minimum absolute atomic E-state index is 0.759. The molecule has 0 aromatic heterocycles. The SMILES string of the molecule is ClC(=Cc1ccccc1)CSCC(Cl)=Cc1ccccc1. The summed E-state index contributed by atoms with van der Waals surface area (Å²) in [7, 11) is 0.